The molecule has 1 aromatic heterocycles. The van der Waals surface area contributed by atoms with Crippen LogP contribution in [-0.2, 0) is 29.9 Å². The van der Waals surface area contributed by atoms with Gasteiger partial charge in [-0.2, -0.15) is 0 Å². The van der Waals surface area contributed by atoms with Gasteiger partial charge in [0, 0.05) is 0 Å². The number of fused-ring (bicyclic) bond motifs is 1. The normalized spacial score (nSPS) is 11.8. The Hall–Kier alpha value is -3.43. The van der Waals surface area contributed by atoms with Gasteiger partial charge in [0.2, 0.25) is 10.0 Å². The van der Waals surface area contributed by atoms with Crippen LogP contribution in [0.5, 0.6) is 0 Å². The minimum Gasteiger partial charge on any atom is -0.268 e. The average Bonchev–Trinajstić information content (AvgIpc) is 2.83. The first kappa shape index (κ1) is 23.7. The SMILES string of the molecule is Cc1ccc(-n2c(CNS(=O)(=O)c3ccc(CF)c(CF)c3)nc3ccccc3c2=O)c(C)c1. The van der Waals surface area contributed by atoms with E-state index in [4.69, 9.17) is 0 Å². The van der Waals surface area contributed by atoms with Gasteiger partial charge < -0.3 is 0 Å². The maximum atomic E-state index is 13.4. The Morgan fingerprint density at radius 3 is 2.38 bits per heavy atom. The molecule has 4 rings (SSSR count). The Kier molecular flexibility index (Phi) is 6.58. The van der Waals surface area contributed by atoms with E-state index in [0.717, 1.165) is 17.2 Å². The van der Waals surface area contributed by atoms with Crippen LogP contribution in [0.15, 0.2) is 70.4 Å². The van der Waals surface area contributed by atoms with E-state index in [1.807, 2.05) is 26.0 Å². The zero-order valence-corrected chi connectivity index (χ0v) is 19.5. The summed E-state index contributed by atoms with van der Waals surface area (Å²) >= 11 is 0. The zero-order chi connectivity index (χ0) is 24.5. The molecule has 4 aromatic rings. The lowest BCUT2D eigenvalue weighted by atomic mass is 10.1. The van der Waals surface area contributed by atoms with E-state index in [9.17, 15) is 22.0 Å². The summed E-state index contributed by atoms with van der Waals surface area (Å²) in [6.45, 7) is 1.64. The highest BCUT2D eigenvalue weighted by atomic mass is 32.2. The van der Waals surface area contributed by atoms with Crippen LogP contribution in [0.25, 0.3) is 16.6 Å². The maximum absolute atomic E-state index is 13.4. The van der Waals surface area contributed by atoms with E-state index >= 15 is 0 Å². The molecule has 1 N–H and O–H groups in total. The fourth-order valence-electron chi connectivity index (χ4n) is 3.87. The number of halogens is 2. The number of hydrogen-bond donors (Lipinski definition) is 1. The van der Waals surface area contributed by atoms with Crippen LogP contribution in [0, 0.1) is 13.8 Å². The second-order valence-electron chi connectivity index (χ2n) is 8.00. The number of nitrogens with zero attached hydrogens (tertiary/aromatic N) is 2. The summed E-state index contributed by atoms with van der Waals surface area (Å²) in [5, 5.41) is 0.406. The van der Waals surface area contributed by atoms with Crippen molar-refractivity contribution in [1.82, 2.24) is 14.3 Å². The van der Waals surface area contributed by atoms with Crippen LogP contribution >= 0.6 is 0 Å². The lowest BCUT2D eigenvalue weighted by Gasteiger charge is -2.17. The van der Waals surface area contributed by atoms with Gasteiger partial charge in [-0.05, 0) is 60.9 Å². The van der Waals surface area contributed by atoms with Gasteiger partial charge in [0.1, 0.15) is 19.2 Å². The Morgan fingerprint density at radius 1 is 0.941 bits per heavy atom. The lowest BCUT2D eigenvalue weighted by molar-refractivity contribution is 0.453. The second-order valence-corrected chi connectivity index (χ2v) is 9.76. The summed E-state index contributed by atoms with van der Waals surface area (Å²) in [4.78, 5) is 17.8. The summed E-state index contributed by atoms with van der Waals surface area (Å²) < 4.78 is 56.0. The lowest BCUT2D eigenvalue weighted by Crippen LogP contribution is -2.30. The van der Waals surface area contributed by atoms with Crippen molar-refractivity contribution in [2.24, 2.45) is 0 Å². The van der Waals surface area contributed by atoms with Crippen LogP contribution < -0.4 is 10.3 Å². The third-order valence-corrected chi connectivity index (χ3v) is 7.03. The molecule has 0 saturated carbocycles. The number of rotatable bonds is 7. The van der Waals surface area contributed by atoms with Gasteiger partial charge >= 0.3 is 0 Å². The molecule has 0 radical (unpaired) electrons. The van der Waals surface area contributed by atoms with Gasteiger partial charge in [0.05, 0.1) is 28.0 Å². The number of benzene rings is 3. The third kappa shape index (κ3) is 4.49. The predicted octanol–water partition coefficient (Wildman–Crippen LogP) is 4.42. The molecule has 0 atom stereocenters. The number of hydrogen-bond acceptors (Lipinski definition) is 4. The van der Waals surface area contributed by atoms with Crippen LogP contribution in [0.3, 0.4) is 0 Å². The fourth-order valence-corrected chi connectivity index (χ4v) is 4.90. The molecule has 6 nitrogen and oxygen atoms in total. The smallest absolute Gasteiger partial charge is 0.266 e. The molecular weight excluding hydrogens is 460 g/mol. The van der Waals surface area contributed by atoms with Crippen molar-refractivity contribution in [3.63, 3.8) is 0 Å². The van der Waals surface area contributed by atoms with Gasteiger partial charge in [0.15, 0.2) is 0 Å². The summed E-state index contributed by atoms with van der Waals surface area (Å²) in [7, 11) is -4.09. The quantitative estimate of drug-likeness (QED) is 0.422. The van der Waals surface area contributed by atoms with Gasteiger partial charge in [0.25, 0.3) is 5.56 Å². The molecule has 0 fully saturated rings. The topological polar surface area (TPSA) is 81.1 Å². The first-order chi connectivity index (χ1) is 16.2. The highest BCUT2D eigenvalue weighted by Crippen LogP contribution is 2.20. The largest absolute Gasteiger partial charge is 0.268 e. The van der Waals surface area contributed by atoms with E-state index in [2.05, 4.69) is 9.71 Å². The van der Waals surface area contributed by atoms with Crippen LogP contribution in [0.4, 0.5) is 8.78 Å². The van der Waals surface area contributed by atoms with E-state index in [1.165, 1.54) is 16.7 Å². The minimum absolute atomic E-state index is 0.0265. The average molecular weight is 484 g/mol. The molecule has 0 bridgehead atoms. The summed E-state index contributed by atoms with van der Waals surface area (Å²) in [5.41, 5.74) is 2.63. The van der Waals surface area contributed by atoms with Crippen LogP contribution in [0.2, 0.25) is 0 Å². The van der Waals surface area contributed by atoms with Gasteiger partial charge in [-0.15, -0.1) is 0 Å². The molecule has 0 amide bonds. The number of sulfonamides is 1. The Morgan fingerprint density at radius 2 is 1.68 bits per heavy atom. The molecule has 0 aliphatic heterocycles. The first-order valence-corrected chi connectivity index (χ1v) is 12.0. The molecule has 3 aromatic carbocycles. The zero-order valence-electron chi connectivity index (χ0n) is 18.7. The van der Waals surface area contributed by atoms with Crippen molar-refractivity contribution < 1.29 is 17.2 Å². The Bertz CT molecular complexity index is 1550. The minimum atomic E-state index is -4.09. The van der Waals surface area contributed by atoms with Crippen molar-refractivity contribution in [1.29, 1.82) is 0 Å². The Labute approximate surface area is 196 Å². The number of para-hydroxylation sites is 1. The highest BCUT2D eigenvalue weighted by molar-refractivity contribution is 7.89. The van der Waals surface area contributed by atoms with Crippen molar-refractivity contribution >= 4 is 20.9 Å². The second kappa shape index (κ2) is 9.44. The molecule has 34 heavy (non-hydrogen) atoms. The van der Waals surface area contributed by atoms with Gasteiger partial charge in [-0.3, -0.25) is 9.36 Å². The van der Waals surface area contributed by atoms with E-state index < -0.39 is 23.4 Å². The number of nitrogens with one attached hydrogen (secondary N) is 1. The number of alkyl halides is 2. The monoisotopic (exact) mass is 483 g/mol. The van der Waals surface area contributed by atoms with Crippen molar-refractivity contribution in [3.05, 3.63) is 99.1 Å². The summed E-state index contributed by atoms with van der Waals surface area (Å²) in [6.07, 6.45) is 0. The maximum Gasteiger partial charge on any atom is 0.266 e. The summed E-state index contributed by atoms with van der Waals surface area (Å²) in [6, 6.07) is 16.0. The van der Waals surface area contributed by atoms with Crippen molar-refractivity contribution in [3.8, 4) is 5.69 Å². The van der Waals surface area contributed by atoms with Crippen LogP contribution in [0.1, 0.15) is 28.1 Å². The van der Waals surface area contributed by atoms with Crippen LogP contribution in [-0.4, -0.2) is 18.0 Å². The van der Waals surface area contributed by atoms with E-state index in [-0.39, 0.29) is 34.0 Å². The highest BCUT2D eigenvalue weighted by Gasteiger charge is 2.20. The molecule has 0 unspecified atom stereocenters. The number of aromatic nitrogens is 2. The molecule has 1 heterocycles. The van der Waals surface area contributed by atoms with E-state index in [0.29, 0.717) is 16.6 Å². The molecular formula is C25H23F2N3O3S. The summed E-state index contributed by atoms with van der Waals surface area (Å²) in [5.74, 6) is 0.199. The Balaban J connectivity index is 1.79. The third-order valence-electron chi connectivity index (χ3n) is 5.63. The first-order valence-electron chi connectivity index (χ1n) is 10.6. The fraction of sp³-hybridized carbons (Fsp3) is 0.200. The van der Waals surface area contributed by atoms with Gasteiger partial charge in [-0.1, -0.05) is 35.9 Å². The molecule has 0 spiro atoms. The van der Waals surface area contributed by atoms with Crippen molar-refractivity contribution in [2.45, 2.75) is 38.6 Å². The molecule has 176 valence electrons. The van der Waals surface area contributed by atoms with Crippen molar-refractivity contribution in [2.75, 3.05) is 0 Å². The molecule has 0 aliphatic rings. The van der Waals surface area contributed by atoms with E-state index in [1.54, 1.807) is 30.3 Å². The predicted molar refractivity (Wildman–Crippen MR) is 127 cm³/mol. The molecule has 0 saturated heterocycles. The molecule has 0 aliphatic carbocycles. The number of aryl methyl sites for hydroxylation is 2. The molecule has 9 heteroatoms. The standard InChI is InChI=1S/C25H23F2N3O3S/c1-16-7-10-23(17(2)11-16)30-24(29-22-6-4-3-5-21(22)25(30)31)15-28-34(32,33)20-9-8-18(13-26)19(12-20)14-27/h3-12,28H,13-15H2,1-2H3. The van der Waals surface area contributed by atoms with Gasteiger partial charge in [-0.25, -0.2) is 26.9 Å².